The van der Waals surface area contributed by atoms with Gasteiger partial charge in [-0.3, -0.25) is 0 Å². The van der Waals surface area contributed by atoms with E-state index in [2.05, 4.69) is 17.0 Å². The van der Waals surface area contributed by atoms with Gasteiger partial charge in [-0.15, -0.1) is 0 Å². The van der Waals surface area contributed by atoms with Gasteiger partial charge in [0.2, 0.25) is 0 Å². The van der Waals surface area contributed by atoms with Crippen LogP contribution in [-0.2, 0) is 11.3 Å². The number of ether oxygens (including phenoxy) is 1. The Morgan fingerprint density at radius 1 is 1.40 bits per heavy atom. The number of anilines is 1. The Bertz CT molecular complexity index is 570. The van der Waals surface area contributed by atoms with E-state index in [4.69, 9.17) is 15.5 Å². The van der Waals surface area contributed by atoms with E-state index in [1.165, 1.54) is 0 Å². The maximum Gasteiger partial charge on any atom is 0.186 e. The first-order valence-electron chi connectivity index (χ1n) is 6.84. The van der Waals surface area contributed by atoms with Crippen LogP contribution in [0.25, 0.3) is 11.3 Å². The number of nitrogens with zero attached hydrogens (tertiary/aromatic N) is 2. The van der Waals surface area contributed by atoms with Crippen molar-refractivity contribution in [3.05, 3.63) is 35.2 Å². The number of hydrogen-bond acceptors (Lipinski definition) is 5. The smallest absolute Gasteiger partial charge is 0.186 e. The third-order valence-electron chi connectivity index (χ3n) is 3.67. The van der Waals surface area contributed by atoms with Crippen LogP contribution in [0.5, 0.6) is 0 Å². The first kappa shape index (κ1) is 13.5. The summed E-state index contributed by atoms with van der Waals surface area (Å²) in [5.41, 5.74) is 8.04. The summed E-state index contributed by atoms with van der Waals surface area (Å²) in [6, 6.07) is 10.2. The lowest BCUT2D eigenvalue weighted by Crippen LogP contribution is -2.21. The van der Waals surface area contributed by atoms with Crippen LogP contribution in [0.3, 0.4) is 0 Å². The van der Waals surface area contributed by atoms with E-state index in [1.54, 1.807) is 18.4 Å². The van der Waals surface area contributed by atoms with Gasteiger partial charge < -0.3 is 15.4 Å². The fourth-order valence-corrected chi connectivity index (χ4v) is 3.52. The summed E-state index contributed by atoms with van der Waals surface area (Å²) in [7, 11) is 1.77. The van der Waals surface area contributed by atoms with E-state index in [1.807, 2.05) is 18.2 Å². The highest BCUT2D eigenvalue weighted by molar-refractivity contribution is 7.16. The monoisotopic (exact) mass is 289 g/mol. The van der Waals surface area contributed by atoms with Crippen molar-refractivity contribution in [3.8, 4) is 11.3 Å². The molecule has 1 aromatic heterocycles. The number of nitrogens with two attached hydrogens (primary N) is 1. The molecule has 1 unspecified atom stereocenters. The van der Waals surface area contributed by atoms with Crippen molar-refractivity contribution in [2.75, 3.05) is 25.1 Å². The molecule has 0 saturated carbocycles. The number of rotatable bonds is 4. The number of benzene rings is 1. The second-order valence-corrected chi connectivity index (χ2v) is 5.99. The molecular formula is C15H19N3OS. The molecule has 4 nitrogen and oxygen atoms in total. The molecular weight excluding hydrogens is 270 g/mol. The van der Waals surface area contributed by atoms with Gasteiger partial charge >= 0.3 is 0 Å². The van der Waals surface area contributed by atoms with E-state index >= 15 is 0 Å². The van der Waals surface area contributed by atoms with E-state index < -0.39 is 0 Å². The molecule has 0 radical (unpaired) electrons. The number of methoxy groups -OCH3 is 1. The summed E-state index contributed by atoms with van der Waals surface area (Å²) in [6.45, 7) is 2.45. The highest BCUT2D eigenvalue weighted by atomic mass is 32.1. The fraction of sp³-hybridized carbons (Fsp3) is 0.400. The Morgan fingerprint density at radius 2 is 2.20 bits per heavy atom. The van der Waals surface area contributed by atoms with Gasteiger partial charge in [0, 0.05) is 37.2 Å². The van der Waals surface area contributed by atoms with Crippen LogP contribution in [0, 0.1) is 0 Å². The predicted molar refractivity (Wildman–Crippen MR) is 83.1 cm³/mol. The van der Waals surface area contributed by atoms with Crippen molar-refractivity contribution in [2.24, 2.45) is 5.73 Å². The molecule has 5 heteroatoms. The van der Waals surface area contributed by atoms with Crippen LogP contribution in [0.4, 0.5) is 5.13 Å². The Morgan fingerprint density at radius 3 is 2.85 bits per heavy atom. The molecule has 1 saturated heterocycles. The van der Waals surface area contributed by atoms with Crippen LogP contribution in [0.1, 0.15) is 11.3 Å². The zero-order valence-electron chi connectivity index (χ0n) is 11.6. The SMILES string of the molecule is COC1CCN(c2nc(-c3ccccc3)c(CN)s2)C1. The van der Waals surface area contributed by atoms with Gasteiger partial charge in [0.25, 0.3) is 0 Å². The molecule has 1 aliphatic rings. The lowest BCUT2D eigenvalue weighted by atomic mass is 10.1. The third kappa shape index (κ3) is 2.57. The zero-order chi connectivity index (χ0) is 13.9. The highest BCUT2D eigenvalue weighted by Gasteiger charge is 2.25. The number of aromatic nitrogens is 1. The molecule has 1 fully saturated rings. The lowest BCUT2D eigenvalue weighted by molar-refractivity contribution is 0.121. The Kier molecular flexibility index (Phi) is 4.00. The predicted octanol–water partition coefficient (Wildman–Crippen LogP) is 2.49. The van der Waals surface area contributed by atoms with Gasteiger partial charge in [-0.25, -0.2) is 4.98 Å². The Labute approximate surface area is 123 Å². The zero-order valence-corrected chi connectivity index (χ0v) is 12.4. The summed E-state index contributed by atoms with van der Waals surface area (Å²) >= 11 is 1.70. The number of hydrogen-bond donors (Lipinski definition) is 1. The van der Waals surface area contributed by atoms with E-state index in [-0.39, 0.29) is 0 Å². The maximum absolute atomic E-state index is 5.88. The largest absolute Gasteiger partial charge is 0.380 e. The minimum atomic E-state index is 0.320. The first-order chi connectivity index (χ1) is 9.81. The van der Waals surface area contributed by atoms with Gasteiger partial charge in [0.1, 0.15) is 0 Å². The highest BCUT2D eigenvalue weighted by Crippen LogP contribution is 2.34. The van der Waals surface area contributed by atoms with Crippen molar-refractivity contribution in [1.29, 1.82) is 0 Å². The summed E-state index contributed by atoms with van der Waals surface area (Å²) in [5, 5.41) is 1.06. The molecule has 0 bridgehead atoms. The fourth-order valence-electron chi connectivity index (χ4n) is 2.53. The van der Waals surface area contributed by atoms with Gasteiger partial charge in [-0.1, -0.05) is 41.7 Å². The molecule has 1 atom stereocenters. The van der Waals surface area contributed by atoms with Gasteiger partial charge in [0.05, 0.1) is 11.8 Å². The van der Waals surface area contributed by atoms with Crippen LogP contribution in [0.2, 0.25) is 0 Å². The molecule has 2 aromatic rings. The molecule has 0 amide bonds. The quantitative estimate of drug-likeness (QED) is 0.939. The maximum atomic E-state index is 5.88. The van der Waals surface area contributed by atoms with Crippen molar-refractivity contribution < 1.29 is 4.74 Å². The Balaban J connectivity index is 1.90. The van der Waals surface area contributed by atoms with Crippen molar-refractivity contribution in [1.82, 2.24) is 4.98 Å². The normalized spacial score (nSPS) is 18.7. The van der Waals surface area contributed by atoms with Gasteiger partial charge in [-0.2, -0.15) is 0 Å². The molecule has 2 heterocycles. The minimum Gasteiger partial charge on any atom is -0.380 e. The lowest BCUT2D eigenvalue weighted by Gasteiger charge is -2.13. The second-order valence-electron chi connectivity index (χ2n) is 4.93. The number of thiazole rings is 1. The van der Waals surface area contributed by atoms with E-state index in [9.17, 15) is 0 Å². The molecule has 1 aliphatic heterocycles. The topological polar surface area (TPSA) is 51.4 Å². The van der Waals surface area contributed by atoms with Crippen molar-refractivity contribution >= 4 is 16.5 Å². The van der Waals surface area contributed by atoms with Gasteiger partial charge in [0.15, 0.2) is 5.13 Å². The van der Waals surface area contributed by atoms with E-state index in [0.29, 0.717) is 12.6 Å². The van der Waals surface area contributed by atoms with Crippen molar-refractivity contribution in [2.45, 2.75) is 19.1 Å². The third-order valence-corrected chi connectivity index (χ3v) is 4.81. The molecule has 2 N–H and O–H groups in total. The molecule has 0 spiro atoms. The average Bonchev–Trinajstić information content (AvgIpc) is 3.14. The van der Waals surface area contributed by atoms with Crippen molar-refractivity contribution in [3.63, 3.8) is 0 Å². The summed E-state index contributed by atoms with van der Waals surface area (Å²) in [4.78, 5) is 8.25. The van der Waals surface area contributed by atoms with Crippen LogP contribution in [0.15, 0.2) is 30.3 Å². The van der Waals surface area contributed by atoms with Crippen LogP contribution < -0.4 is 10.6 Å². The minimum absolute atomic E-state index is 0.320. The van der Waals surface area contributed by atoms with Crippen LogP contribution in [-0.4, -0.2) is 31.3 Å². The van der Waals surface area contributed by atoms with Gasteiger partial charge in [-0.05, 0) is 6.42 Å². The molecule has 20 heavy (non-hydrogen) atoms. The standard InChI is InChI=1S/C15H19N3OS/c1-19-12-7-8-18(10-12)15-17-14(13(9-16)20-15)11-5-3-2-4-6-11/h2-6,12H,7-10,16H2,1H3. The molecule has 0 aliphatic carbocycles. The molecule has 1 aromatic carbocycles. The summed E-state index contributed by atoms with van der Waals surface area (Å²) in [6.07, 6.45) is 1.38. The summed E-state index contributed by atoms with van der Waals surface area (Å²) in [5.74, 6) is 0. The molecule has 106 valence electrons. The summed E-state index contributed by atoms with van der Waals surface area (Å²) < 4.78 is 5.42. The second kappa shape index (κ2) is 5.91. The average molecular weight is 289 g/mol. The Hall–Kier alpha value is -1.43. The van der Waals surface area contributed by atoms with E-state index in [0.717, 1.165) is 40.8 Å². The van der Waals surface area contributed by atoms with Crippen LogP contribution >= 0.6 is 11.3 Å². The first-order valence-corrected chi connectivity index (χ1v) is 7.66. The molecule has 3 rings (SSSR count).